The molecule has 20 heavy (non-hydrogen) atoms. The van der Waals surface area contributed by atoms with Gasteiger partial charge in [-0.3, -0.25) is 0 Å². The third-order valence-electron chi connectivity index (χ3n) is 2.93. The van der Waals surface area contributed by atoms with Crippen molar-refractivity contribution < 1.29 is 4.74 Å². The minimum atomic E-state index is 0.0489. The Morgan fingerprint density at radius 2 is 2.10 bits per heavy atom. The topological polar surface area (TPSA) is 39.1 Å². The van der Waals surface area contributed by atoms with Crippen molar-refractivity contribution in [3.8, 4) is 11.4 Å². The lowest BCUT2D eigenvalue weighted by atomic mass is 10.1. The fourth-order valence-corrected chi connectivity index (χ4v) is 2.04. The van der Waals surface area contributed by atoms with E-state index in [1.54, 1.807) is 13.4 Å². The molecule has 0 atom stereocenters. The first-order valence-corrected chi connectivity index (χ1v) is 6.88. The highest BCUT2D eigenvalue weighted by Gasteiger charge is 2.13. The van der Waals surface area contributed by atoms with Crippen molar-refractivity contribution in [3.05, 3.63) is 41.4 Å². The van der Waals surface area contributed by atoms with Crippen LogP contribution in [0.2, 0.25) is 5.02 Å². The van der Waals surface area contributed by atoms with Gasteiger partial charge in [0.2, 0.25) is 0 Å². The predicted octanol–water partition coefficient (Wildman–Crippen LogP) is 3.42. The highest BCUT2D eigenvalue weighted by atomic mass is 35.5. The Balaban J connectivity index is 2.32. The molecule has 1 aromatic carbocycles. The standard InChI is InChI=1S/C15H20ClN3O/c1-15(2,3)18-9-11-8-17-10-19(11)14-7-12(20-4)5-6-13(14)16/h5-8,10,18H,9H2,1-4H3. The minimum Gasteiger partial charge on any atom is -0.497 e. The van der Waals surface area contributed by atoms with Gasteiger partial charge in [-0.2, -0.15) is 0 Å². The molecule has 0 amide bonds. The highest BCUT2D eigenvalue weighted by Crippen LogP contribution is 2.26. The lowest BCUT2D eigenvalue weighted by molar-refractivity contribution is 0.413. The zero-order valence-corrected chi connectivity index (χ0v) is 13.0. The first-order valence-electron chi connectivity index (χ1n) is 6.51. The van der Waals surface area contributed by atoms with Crippen LogP contribution in [0.15, 0.2) is 30.7 Å². The second-order valence-electron chi connectivity index (χ2n) is 5.68. The molecule has 0 radical (unpaired) electrons. The summed E-state index contributed by atoms with van der Waals surface area (Å²) in [7, 11) is 1.64. The summed E-state index contributed by atoms with van der Waals surface area (Å²) in [4.78, 5) is 4.22. The van der Waals surface area contributed by atoms with Gasteiger partial charge in [0.15, 0.2) is 0 Å². The van der Waals surface area contributed by atoms with Gasteiger partial charge >= 0.3 is 0 Å². The van der Waals surface area contributed by atoms with Crippen molar-refractivity contribution in [2.24, 2.45) is 0 Å². The van der Waals surface area contributed by atoms with E-state index in [4.69, 9.17) is 16.3 Å². The summed E-state index contributed by atoms with van der Waals surface area (Å²) in [6, 6.07) is 5.58. The van der Waals surface area contributed by atoms with Crippen LogP contribution in [0, 0.1) is 0 Å². The first-order chi connectivity index (χ1) is 9.40. The maximum Gasteiger partial charge on any atom is 0.121 e. The van der Waals surface area contributed by atoms with Gasteiger partial charge in [-0.1, -0.05) is 11.6 Å². The van der Waals surface area contributed by atoms with E-state index >= 15 is 0 Å². The molecule has 0 aliphatic heterocycles. The van der Waals surface area contributed by atoms with Gasteiger partial charge in [-0.25, -0.2) is 4.98 Å². The summed E-state index contributed by atoms with van der Waals surface area (Å²) < 4.78 is 7.23. The van der Waals surface area contributed by atoms with Crippen LogP contribution in [0.4, 0.5) is 0 Å². The molecule has 0 aliphatic rings. The molecule has 0 fully saturated rings. The second kappa shape index (κ2) is 5.85. The molecule has 2 rings (SSSR count). The Morgan fingerprint density at radius 1 is 1.35 bits per heavy atom. The molecular formula is C15H20ClN3O. The number of hydrogen-bond acceptors (Lipinski definition) is 3. The Hall–Kier alpha value is -1.52. The normalized spacial score (nSPS) is 11.7. The molecular weight excluding hydrogens is 274 g/mol. The van der Waals surface area contributed by atoms with Crippen molar-refractivity contribution in [3.63, 3.8) is 0 Å². The van der Waals surface area contributed by atoms with Gasteiger partial charge in [0.1, 0.15) is 5.75 Å². The highest BCUT2D eigenvalue weighted by molar-refractivity contribution is 6.32. The molecule has 1 aromatic heterocycles. The summed E-state index contributed by atoms with van der Waals surface area (Å²) in [5, 5.41) is 4.11. The number of halogens is 1. The molecule has 0 spiro atoms. The summed E-state index contributed by atoms with van der Waals surface area (Å²) >= 11 is 6.28. The van der Waals surface area contributed by atoms with Crippen LogP contribution in [-0.2, 0) is 6.54 Å². The van der Waals surface area contributed by atoms with E-state index in [1.807, 2.05) is 29.0 Å². The minimum absolute atomic E-state index is 0.0489. The number of ether oxygens (including phenoxy) is 1. The fourth-order valence-electron chi connectivity index (χ4n) is 1.83. The second-order valence-corrected chi connectivity index (χ2v) is 6.08. The largest absolute Gasteiger partial charge is 0.497 e. The van der Waals surface area contributed by atoms with Crippen LogP contribution < -0.4 is 10.1 Å². The van der Waals surface area contributed by atoms with E-state index in [9.17, 15) is 0 Å². The third-order valence-corrected chi connectivity index (χ3v) is 3.25. The number of nitrogens with zero attached hydrogens (tertiary/aromatic N) is 2. The van der Waals surface area contributed by atoms with Crippen molar-refractivity contribution in [2.45, 2.75) is 32.9 Å². The lowest BCUT2D eigenvalue weighted by Crippen LogP contribution is -2.35. The quantitative estimate of drug-likeness (QED) is 0.939. The Morgan fingerprint density at radius 3 is 2.75 bits per heavy atom. The number of rotatable bonds is 4. The number of imidazole rings is 1. The fraction of sp³-hybridized carbons (Fsp3) is 0.400. The lowest BCUT2D eigenvalue weighted by Gasteiger charge is -2.21. The van der Waals surface area contributed by atoms with Gasteiger partial charge in [0.05, 0.1) is 29.8 Å². The number of methoxy groups -OCH3 is 1. The Kier molecular flexibility index (Phi) is 4.35. The smallest absolute Gasteiger partial charge is 0.121 e. The Bertz CT molecular complexity index is 587. The molecule has 0 aliphatic carbocycles. The monoisotopic (exact) mass is 293 g/mol. The van der Waals surface area contributed by atoms with E-state index in [0.29, 0.717) is 5.02 Å². The molecule has 2 aromatic rings. The van der Waals surface area contributed by atoms with Crippen molar-refractivity contribution in [1.29, 1.82) is 0 Å². The van der Waals surface area contributed by atoms with Gasteiger partial charge in [0, 0.05) is 24.3 Å². The molecule has 0 bridgehead atoms. The molecule has 1 N–H and O–H groups in total. The molecule has 0 unspecified atom stereocenters. The van der Waals surface area contributed by atoms with Gasteiger partial charge in [-0.15, -0.1) is 0 Å². The van der Waals surface area contributed by atoms with Crippen LogP contribution in [0.3, 0.4) is 0 Å². The first kappa shape index (κ1) is 14.9. The van der Waals surface area contributed by atoms with Crippen LogP contribution >= 0.6 is 11.6 Å². The summed E-state index contributed by atoms with van der Waals surface area (Å²) in [5.74, 6) is 0.771. The molecule has 0 saturated carbocycles. The average molecular weight is 294 g/mol. The SMILES string of the molecule is COc1ccc(Cl)c(-n2cncc2CNC(C)(C)C)c1. The molecule has 1 heterocycles. The van der Waals surface area contributed by atoms with E-state index < -0.39 is 0 Å². The molecule has 108 valence electrons. The van der Waals surface area contributed by atoms with Crippen molar-refractivity contribution in [1.82, 2.24) is 14.9 Å². The van der Waals surface area contributed by atoms with Crippen LogP contribution in [0.1, 0.15) is 26.5 Å². The van der Waals surface area contributed by atoms with Gasteiger partial charge < -0.3 is 14.6 Å². The number of aromatic nitrogens is 2. The third kappa shape index (κ3) is 3.52. The van der Waals surface area contributed by atoms with Crippen LogP contribution in [0.5, 0.6) is 5.75 Å². The average Bonchev–Trinajstić information content (AvgIpc) is 2.84. The van der Waals surface area contributed by atoms with E-state index in [1.165, 1.54) is 0 Å². The summed E-state index contributed by atoms with van der Waals surface area (Å²) in [6.45, 7) is 7.11. The van der Waals surface area contributed by atoms with Crippen molar-refractivity contribution >= 4 is 11.6 Å². The predicted molar refractivity (Wildman–Crippen MR) is 81.7 cm³/mol. The van der Waals surface area contributed by atoms with Gasteiger partial charge in [0.25, 0.3) is 0 Å². The van der Waals surface area contributed by atoms with Crippen LogP contribution in [0.25, 0.3) is 5.69 Å². The van der Waals surface area contributed by atoms with Gasteiger partial charge in [-0.05, 0) is 32.9 Å². The summed E-state index contributed by atoms with van der Waals surface area (Å²) in [6.07, 6.45) is 3.61. The molecule has 4 nitrogen and oxygen atoms in total. The van der Waals surface area contributed by atoms with E-state index in [2.05, 4.69) is 31.1 Å². The zero-order chi connectivity index (χ0) is 14.8. The van der Waals surface area contributed by atoms with Crippen molar-refractivity contribution in [2.75, 3.05) is 7.11 Å². The molecule has 5 heteroatoms. The van der Waals surface area contributed by atoms with Crippen LogP contribution in [-0.4, -0.2) is 22.2 Å². The van der Waals surface area contributed by atoms with E-state index in [-0.39, 0.29) is 5.54 Å². The van der Waals surface area contributed by atoms with E-state index in [0.717, 1.165) is 23.7 Å². The maximum absolute atomic E-state index is 6.28. The number of benzene rings is 1. The number of nitrogens with one attached hydrogen (secondary N) is 1. The maximum atomic E-state index is 6.28. The molecule has 0 saturated heterocycles. The number of hydrogen-bond donors (Lipinski definition) is 1. The summed E-state index contributed by atoms with van der Waals surface area (Å²) in [5.41, 5.74) is 1.97. The zero-order valence-electron chi connectivity index (χ0n) is 12.3. The Labute approximate surface area is 124 Å².